The highest BCUT2D eigenvalue weighted by Crippen LogP contribution is 2.69. The summed E-state index contributed by atoms with van der Waals surface area (Å²) in [6.45, 7) is 5.33. The Morgan fingerprint density at radius 3 is 2.77 bits per heavy atom. The molecule has 22 heavy (non-hydrogen) atoms. The summed E-state index contributed by atoms with van der Waals surface area (Å²) in [6.07, 6.45) is 21.0. The normalized spacial score (nSPS) is 55.9. The van der Waals surface area contributed by atoms with E-state index in [1.807, 2.05) is 5.57 Å². The number of allylic oxidation sites excluding steroid dienone is 4. The minimum Gasteiger partial charge on any atom is -0.0805 e. The van der Waals surface area contributed by atoms with Crippen LogP contribution in [0.5, 0.6) is 0 Å². The minimum absolute atomic E-state index is 0.535. The van der Waals surface area contributed by atoms with Gasteiger partial charge >= 0.3 is 0 Å². The molecule has 5 rings (SSSR count). The zero-order chi connectivity index (χ0) is 14.9. The van der Waals surface area contributed by atoms with Crippen LogP contribution >= 0.6 is 0 Å². The van der Waals surface area contributed by atoms with Crippen molar-refractivity contribution in [2.24, 2.45) is 40.4 Å². The summed E-state index contributed by atoms with van der Waals surface area (Å²) >= 11 is 0. The topological polar surface area (TPSA) is 0 Å². The van der Waals surface area contributed by atoms with E-state index in [0.29, 0.717) is 10.8 Å². The Bertz CT molecular complexity index is 540. The zero-order valence-electron chi connectivity index (χ0n) is 14.5. The van der Waals surface area contributed by atoms with Crippen LogP contribution in [0.3, 0.4) is 0 Å². The molecule has 0 amide bonds. The van der Waals surface area contributed by atoms with Crippen molar-refractivity contribution in [1.29, 1.82) is 0 Å². The third kappa shape index (κ3) is 1.55. The third-order valence-electron chi connectivity index (χ3n) is 9.28. The molecule has 3 unspecified atom stereocenters. The second kappa shape index (κ2) is 4.52. The smallest absolute Gasteiger partial charge is 0.00194 e. The van der Waals surface area contributed by atoms with Gasteiger partial charge in [0, 0.05) is 0 Å². The van der Waals surface area contributed by atoms with Crippen LogP contribution in [0.1, 0.15) is 71.6 Å². The van der Waals surface area contributed by atoms with Gasteiger partial charge in [0.05, 0.1) is 0 Å². The van der Waals surface area contributed by atoms with Crippen LogP contribution < -0.4 is 0 Å². The summed E-state index contributed by atoms with van der Waals surface area (Å²) in [7, 11) is 0. The van der Waals surface area contributed by atoms with E-state index in [-0.39, 0.29) is 0 Å². The van der Waals surface area contributed by atoms with Crippen molar-refractivity contribution in [3.63, 3.8) is 0 Å². The Kier molecular flexibility index (Phi) is 2.85. The second-order valence-electron chi connectivity index (χ2n) is 9.65. The number of rotatable bonds is 0. The van der Waals surface area contributed by atoms with Gasteiger partial charge in [-0.3, -0.25) is 0 Å². The van der Waals surface area contributed by atoms with Gasteiger partial charge in [-0.05, 0) is 85.4 Å². The van der Waals surface area contributed by atoms with Crippen molar-refractivity contribution in [3.05, 3.63) is 23.8 Å². The number of fused-ring (bicyclic) bond motifs is 4. The molecular weight excluding hydrogens is 264 g/mol. The fourth-order valence-corrected chi connectivity index (χ4v) is 8.02. The second-order valence-corrected chi connectivity index (χ2v) is 9.65. The van der Waals surface area contributed by atoms with Gasteiger partial charge in [0.1, 0.15) is 0 Å². The van der Waals surface area contributed by atoms with Crippen LogP contribution in [-0.4, -0.2) is 0 Å². The summed E-state index contributed by atoms with van der Waals surface area (Å²) in [5.41, 5.74) is 3.05. The maximum absolute atomic E-state index is 2.70. The first-order valence-corrected chi connectivity index (χ1v) is 10.0. The van der Waals surface area contributed by atoms with Crippen LogP contribution in [-0.2, 0) is 0 Å². The van der Waals surface area contributed by atoms with Gasteiger partial charge in [-0.15, -0.1) is 0 Å². The summed E-state index contributed by atoms with van der Waals surface area (Å²) < 4.78 is 0. The van der Waals surface area contributed by atoms with Gasteiger partial charge in [0.25, 0.3) is 0 Å². The maximum atomic E-state index is 2.70. The van der Waals surface area contributed by atoms with Crippen LogP contribution in [0.4, 0.5) is 0 Å². The molecule has 120 valence electrons. The van der Waals surface area contributed by atoms with Crippen molar-refractivity contribution in [2.45, 2.75) is 71.6 Å². The molecule has 0 aromatic carbocycles. The molecule has 0 bridgehead atoms. The summed E-state index contributed by atoms with van der Waals surface area (Å²) in [6, 6.07) is 0. The highest BCUT2D eigenvalue weighted by molar-refractivity contribution is 5.34. The van der Waals surface area contributed by atoms with E-state index >= 15 is 0 Å². The molecule has 4 saturated carbocycles. The molecule has 0 heteroatoms. The molecule has 0 N–H and O–H groups in total. The SMILES string of the molecule is C[C@@]12C3=CC=C[C@@H]1CCC2C1CC[C@H]2CCCC[C@]2(C)C1C3. The lowest BCUT2D eigenvalue weighted by molar-refractivity contribution is -0.0867. The maximum Gasteiger partial charge on any atom is -0.00194 e. The molecule has 5 aliphatic rings. The molecule has 0 aliphatic heterocycles. The van der Waals surface area contributed by atoms with Crippen LogP contribution in [0.2, 0.25) is 0 Å². The molecular formula is C22H32. The predicted molar refractivity (Wildman–Crippen MR) is 92.4 cm³/mol. The molecule has 0 aromatic rings. The average molecular weight is 296 g/mol. The van der Waals surface area contributed by atoms with E-state index in [9.17, 15) is 0 Å². The Morgan fingerprint density at radius 2 is 1.86 bits per heavy atom. The monoisotopic (exact) mass is 296 g/mol. The van der Waals surface area contributed by atoms with E-state index < -0.39 is 0 Å². The van der Waals surface area contributed by atoms with Crippen molar-refractivity contribution >= 4 is 0 Å². The summed E-state index contributed by atoms with van der Waals surface area (Å²) in [5, 5.41) is 0. The highest BCUT2D eigenvalue weighted by Gasteiger charge is 2.61. The molecule has 7 atom stereocenters. The van der Waals surface area contributed by atoms with Gasteiger partial charge in [-0.25, -0.2) is 0 Å². The Morgan fingerprint density at radius 1 is 0.955 bits per heavy atom. The minimum atomic E-state index is 0.535. The van der Waals surface area contributed by atoms with E-state index in [1.165, 1.54) is 44.9 Å². The van der Waals surface area contributed by atoms with Gasteiger partial charge in [0.15, 0.2) is 0 Å². The average Bonchev–Trinajstić information content (AvgIpc) is 2.86. The van der Waals surface area contributed by atoms with Crippen molar-refractivity contribution < 1.29 is 0 Å². The first-order chi connectivity index (χ1) is 10.6. The fraction of sp³-hybridized carbons (Fsp3) is 0.818. The molecule has 0 saturated heterocycles. The molecule has 5 aliphatic carbocycles. The third-order valence-corrected chi connectivity index (χ3v) is 9.28. The lowest BCUT2D eigenvalue weighted by Crippen LogP contribution is -2.53. The van der Waals surface area contributed by atoms with E-state index in [2.05, 4.69) is 32.1 Å². The largest absolute Gasteiger partial charge is 0.0805 e. The fourth-order valence-electron chi connectivity index (χ4n) is 8.02. The number of hydrogen-bond acceptors (Lipinski definition) is 0. The van der Waals surface area contributed by atoms with Crippen LogP contribution in [0.25, 0.3) is 0 Å². The van der Waals surface area contributed by atoms with Crippen LogP contribution in [0.15, 0.2) is 23.8 Å². The molecule has 0 spiro atoms. The summed E-state index contributed by atoms with van der Waals surface area (Å²) in [4.78, 5) is 0. The van der Waals surface area contributed by atoms with Gasteiger partial charge in [-0.1, -0.05) is 50.5 Å². The first-order valence-electron chi connectivity index (χ1n) is 10.0. The molecule has 0 aromatic heterocycles. The van der Waals surface area contributed by atoms with Crippen molar-refractivity contribution in [2.75, 3.05) is 0 Å². The predicted octanol–water partition coefficient (Wildman–Crippen LogP) is 6.14. The Balaban J connectivity index is 1.58. The zero-order valence-corrected chi connectivity index (χ0v) is 14.5. The quantitative estimate of drug-likeness (QED) is 0.503. The molecule has 0 heterocycles. The Labute approximate surface area is 136 Å². The number of hydrogen-bond donors (Lipinski definition) is 0. The highest BCUT2D eigenvalue weighted by atomic mass is 14.6. The van der Waals surface area contributed by atoms with E-state index in [4.69, 9.17) is 0 Å². The van der Waals surface area contributed by atoms with Crippen LogP contribution in [0, 0.1) is 40.4 Å². The summed E-state index contributed by atoms with van der Waals surface area (Å²) in [5.74, 6) is 4.94. The lowest BCUT2D eigenvalue weighted by atomic mass is 9.43. The lowest BCUT2D eigenvalue weighted by Gasteiger charge is -2.61. The first kappa shape index (κ1) is 13.9. The van der Waals surface area contributed by atoms with Gasteiger partial charge in [-0.2, -0.15) is 0 Å². The molecule has 4 fully saturated rings. The van der Waals surface area contributed by atoms with Crippen molar-refractivity contribution in [1.82, 2.24) is 0 Å². The van der Waals surface area contributed by atoms with Crippen molar-refractivity contribution in [3.8, 4) is 0 Å². The molecule has 0 radical (unpaired) electrons. The molecule has 0 nitrogen and oxygen atoms in total. The standard InChI is InChI=1S/C22H32/c1-21-13-4-3-6-15(21)9-11-18-19-12-10-16-7-5-8-17(14-20(18)21)22(16,19)2/h5,7-8,15-16,18-20H,3-4,6,9-14H2,1-2H3/t15-,16-,18?,19?,20?,21+,22+/m1/s1. The van der Waals surface area contributed by atoms with E-state index in [1.54, 1.807) is 12.8 Å². The van der Waals surface area contributed by atoms with Gasteiger partial charge in [0.2, 0.25) is 0 Å². The van der Waals surface area contributed by atoms with Gasteiger partial charge < -0.3 is 0 Å². The van der Waals surface area contributed by atoms with E-state index in [0.717, 1.165) is 29.6 Å². The Hall–Kier alpha value is -0.520.